The molecule has 3 amide bonds. The maximum Gasteiger partial charge on any atom is 0.270 e. The average Bonchev–Trinajstić information content (AvgIpc) is 2.81. The molecule has 9 heteroatoms. The Labute approximate surface area is 140 Å². The molecule has 0 atom stereocenters. The Morgan fingerprint density at radius 3 is 2.48 bits per heavy atom. The number of hydrogen-bond acceptors (Lipinski definition) is 5. The summed E-state index contributed by atoms with van der Waals surface area (Å²) in [6, 6.07) is 8.71. The first-order chi connectivity index (χ1) is 11.9. The summed E-state index contributed by atoms with van der Waals surface area (Å²) in [6.45, 7) is -0.630. The molecule has 0 aromatic heterocycles. The number of halogens is 1. The lowest BCUT2D eigenvalue weighted by molar-refractivity contribution is -0.384. The van der Waals surface area contributed by atoms with E-state index in [1.54, 1.807) is 0 Å². The topological polar surface area (TPSA) is 110 Å². The molecule has 8 nitrogen and oxygen atoms in total. The van der Waals surface area contributed by atoms with Gasteiger partial charge in [0.15, 0.2) is 0 Å². The number of nitro benzene ring substituents is 1. The molecule has 0 spiro atoms. The number of nitrogens with zero attached hydrogens (tertiary/aromatic N) is 2. The molecule has 2 aromatic rings. The number of benzene rings is 2. The normalized spacial score (nSPS) is 12.9. The number of para-hydroxylation sites is 1. The van der Waals surface area contributed by atoms with Crippen molar-refractivity contribution in [3.63, 3.8) is 0 Å². The van der Waals surface area contributed by atoms with Gasteiger partial charge in [0.05, 0.1) is 21.7 Å². The highest BCUT2D eigenvalue weighted by Gasteiger charge is 2.37. The Balaban J connectivity index is 1.79. The van der Waals surface area contributed by atoms with Gasteiger partial charge in [-0.1, -0.05) is 12.1 Å². The number of non-ortho nitro benzene ring substituents is 1. The van der Waals surface area contributed by atoms with E-state index < -0.39 is 35.0 Å². The summed E-state index contributed by atoms with van der Waals surface area (Å²) < 4.78 is 13.5. The van der Waals surface area contributed by atoms with E-state index in [1.807, 2.05) is 0 Å². The largest absolute Gasteiger partial charge is 0.322 e. The summed E-state index contributed by atoms with van der Waals surface area (Å²) in [5.41, 5.74) is -0.579. The number of rotatable bonds is 4. The van der Waals surface area contributed by atoms with Crippen LogP contribution in [-0.4, -0.2) is 34.1 Å². The fourth-order valence-corrected chi connectivity index (χ4v) is 2.43. The monoisotopic (exact) mass is 343 g/mol. The predicted molar refractivity (Wildman–Crippen MR) is 83.5 cm³/mol. The smallest absolute Gasteiger partial charge is 0.270 e. The van der Waals surface area contributed by atoms with E-state index >= 15 is 0 Å². The molecule has 2 aromatic carbocycles. The SMILES string of the molecule is O=C(CN1C(=O)c2ccc([N+](=O)[O-])cc2C1=O)Nc1ccccc1F. The summed E-state index contributed by atoms with van der Waals surface area (Å²) in [5, 5.41) is 13.0. The fourth-order valence-electron chi connectivity index (χ4n) is 2.43. The Morgan fingerprint density at radius 1 is 1.12 bits per heavy atom. The van der Waals surface area contributed by atoms with Crippen LogP contribution in [0.25, 0.3) is 0 Å². The zero-order chi connectivity index (χ0) is 18.1. The lowest BCUT2D eigenvalue weighted by Crippen LogP contribution is -2.37. The molecule has 0 saturated heterocycles. The van der Waals surface area contributed by atoms with Crippen LogP contribution in [-0.2, 0) is 4.79 Å². The minimum absolute atomic E-state index is 0.0192. The van der Waals surface area contributed by atoms with Crippen molar-refractivity contribution < 1.29 is 23.7 Å². The Kier molecular flexibility index (Phi) is 3.97. The molecule has 0 fully saturated rings. The van der Waals surface area contributed by atoms with Gasteiger partial charge in [0, 0.05) is 12.1 Å². The molecule has 0 unspecified atom stereocenters. The second-order valence-corrected chi connectivity index (χ2v) is 5.21. The van der Waals surface area contributed by atoms with Gasteiger partial charge in [-0.3, -0.25) is 29.4 Å². The first-order valence-corrected chi connectivity index (χ1v) is 7.07. The average molecular weight is 343 g/mol. The van der Waals surface area contributed by atoms with Crippen LogP contribution >= 0.6 is 0 Å². The molecular weight excluding hydrogens is 333 g/mol. The molecule has 0 saturated carbocycles. The van der Waals surface area contributed by atoms with Crippen molar-refractivity contribution in [2.45, 2.75) is 0 Å². The maximum atomic E-state index is 13.5. The van der Waals surface area contributed by atoms with Gasteiger partial charge >= 0.3 is 0 Å². The maximum absolute atomic E-state index is 13.5. The van der Waals surface area contributed by atoms with Gasteiger partial charge < -0.3 is 5.32 Å². The van der Waals surface area contributed by atoms with Crippen LogP contribution in [0.4, 0.5) is 15.8 Å². The fraction of sp³-hybridized carbons (Fsp3) is 0.0625. The van der Waals surface area contributed by atoms with E-state index in [0.717, 1.165) is 18.2 Å². The first-order valence-electron chi connectivity index (χ1n) is 7.07. The molecule has 1 aliphatic rings. The van der Waals surface area contributed by atoms with Crippen molar-refractivity contribution in [2.75, 3.05) is 11.9 Å². The highest BCUT2D eigenvalue weighted by molar-refractivity contribution is 6.23. The number of nitro groups is 1. The third-order valence-corrected chi connectivity index (χ3v) is 3.61. The number of anilines is 1. The van der Waals surface area contributed by atoms with Crippen LogP contribution in [0.3, 0.4) is 0 Å². The molecular formula is C16H10FN3O5. The van der Waals surface area contributed by atoms with Gasteiger partial charge in [-0.2, -0.15) is 0 Å². The molecule has 0 aliphatic carbocycles. The second kappa shape index (κ2) is 6.11. The van der Waals surface area contributed by atoms with Crippen LogP contribution in [0.1, 0.15) is 20.7 Å². The minimum atomic E-state index is -0.813. The molecule has 126 valence electrons. The number of fused-ring (bicyclic) bond motifs is 1. The number of amides is 3. The van der Waals surface area contributed by atoms with E-state index in [9.17, 15) is 28.9 Å². The van der Waals surface area contributed by atoms with Crippen molar-refractivity contribution in [1.82, 2.24) is 4.90 Å². The zero-order valence-electron chi connectivity index (χ0n) is 12.6. The Morgan fingerprint density at radius 2 is 1.80 bits per heavy atom. The van der Waals surface area contributed by atoms with E-state index in [1.165, 1.54) is 24.3 Å². The number of carbonyl (C=O) groups excluding carboxylic acids is 3. The van der Waals surface area contributed by atoms with Crippen LogP contribution in [0.2, 0.25) is 0 Å². The molecule has 25 heavy (non-hydrogen) atoms. The van der Waals surface area contributed by atoms with Gasteiger partial charge in [0.1, 0.15) is 12.4 Å². The molecule has 0 radical (unpaired) electrons. The van der Waals surface area contributed by atoms with Gasteiger partial charge in [0.2, 0.25) is 5.91 Å². The number of hydrogen-bond donors (Lipinski definition) is 1. The van der Waals surface area contributed by atoms with Crippen LogP contribution in [0.5, 0.6) is 0 Å². The lowest BCUT2D eigenvalue weighted by Gasteiger charge is -2.13. The van der Waals surface area contributed by atoms with Gasteiger partial charge in [-0.25, -0.2) is 4.39 Å². The van der Waals surface area contributed by atoms with Crippen LogP contribution in [0, 0.1) is 15.9 Å². The van der Waals surface area contributed by atoms with Crippen LogP contribution < -0.4 is 5.32 Å². The quantitative estimate of drug-likeness (QED) is 0.518. The Bertz CT molecular complexity index is 928. The summed E-state index contributed by atoms with van der Waals surface area (Å²) >= 11 is 0. The van der Waals surface area contributed by atoms with Gasteiger partial charge in [-0.05, 0) is 18.2 Å². The number of nitrogens with one attached hydrogen (secondary N) is 1. The second-order valence-electron chi connectivity index (χ2n) is 5.21. The van der Waals surface area contributed by atoms with Crippen LogP contribution in [0.15, 0.2) is 42.5 Å². The van der Waals surface area contributed by atoms with Crippen molar-refractivity contribution >= 4 is 29.1 Å². The molecule has 0 bridgehead atoms. The van der Waals surface area contributed by atoms with Crippen molar-refractivity contribution in [2.24, 2.45) is 0 Å². The standard InChI is InChI=1S/C16H10FN3O5/c17-12-3-1-2-4-13(12)18-14(21)8-19-15(22)10-6-5-9(20(24)25)7-11(10)16(19)23/h1-7H,8H2,(H,18,21). The first kappa shape index (κ1) is 16.2. The minimum Gasteiger partial charge on any atom is -0.322 e. The number of carbonyl (C=O) groups is 3. The van der Waals surface area contributed by atoms with Crippen molar-refractivity contribution in [3.8, 4) is 0 Å². The highest BCUT2D eigenvalue weighted by Crippen LogP contribution is 2.26. The summed E-state index contributed by atoms with van der Waals surface area (Å²) in [4.78, 5) is 47.2. The molecule has 1 heterocycles. The van der Waals surface area contributed by atoms with Gasteiger partial charge in [0.25, 0.3) is 17.5 Å². The third-order valence-electron chi connectivity index (χ3n) is 3.61. The summed E-state index contributed by atoms with van der Waals surface area (Å²) in [7, 11) is 0. The van der Waals surface area contributed by atoms with Crippen molar-refractivity contribution in [3.05, 3.63) is 69.5 Å². The molecule has 3 rings (SSSR count). The summed E-state index contributed by atoms with van der Waals surface area (Å²) in [6.07, 6.45) is 0. The highest BCUT2D eigenvalue weighted by atomic mass is 19.1. The zero-order valence-corrected chi connectivity index (χ0v) is 12.6. The third kappa shape index (κ3) is 2.94. The summed E-state index contributed by atoms with van der Waals surface area (Å²) in [5.74, 6) is -2.98. The van der Waals surface area contributed by atoms with E-state index in [2.05, 4.69) is 5.32 Å². The van der Waals surface area contributed by atoms with E-state index in [-0.39, 0.29) is 22.5 Å². The number of imide groups is 1. The van der Waals surface area contributed by atoms with E-state index in [0.29, 0.717) is 4.90 Å². The van der Waals surface area contributed by atoms with Gasteiger partial charge in [-0.15, -0.1) is 0 Å². The van der Waals surface area contributed by atoms with E-state index in [4.69, 9.17) is 0 Å². The Hall–Kier alpha value is -3.62. The molecule has 1 aliphatic heterocycles. The molecule has 1 N–H and O–H groups in total. The predicted octanol–water partition coefficient (Wildman–Crippen LogP) is 1.97. The lowest BCUT2D eigenvalue weighted by atomic mass is 10.1. The van der Waals surface area contributed by atoms with Crippen molar-refractivity contribution in [1.29, 1.82) is 0 Å².